The normalized spacial score (nSPS) is 12.0. The van der Waals surface area contributed by atoms with E-state index in [4.69, 9.17) is 5.11 Å². The highest BCUT2D eigenvalue weighted by atomic mass is 79.9. The van der Waals surface area contributed by atoms with Gasteiger partial charge in [-0.1, -0.05) is 17.7 Å². The molecular weight excluding hydrogens is 462 g/mol. The van der Waals surface area contributed by atoms with Crippen molar-refractivity contribution in [3.8, 4) is 0 Å². The summed E-state index contributed by atoms with van der Waals surface area (Å²) in [5, 5.41) is 11.4. The van der Waals surface area contributed by atoms with Crippen LogP contribution in [0.3, 0.4) is 0 Å². The lowest BCUT2D eigenvalue weighted by atomic mass is 10.2. The van der Waals surface area contributed by atoms with E-state index in [0.29, 0.717) is 21.5 Å². The number of halogens is 1. The van der Waals surface area contributed by atoms with Crippen molar-refractivity contribution < 1.29 is 18.3 Å². The van der Waals surface area contributed by atoms with E-state index in [1.807, 2.05) is 6.92 Å². The van der Waals surface area contributed by atoms with Crippen LogP contribution in [-0.4, -0.2) is 44.4 Å². The van der Waals surface area contributed by atoms with Crippen LogP contribution in [-0.2, 0) is 21.4 Å². The number of carbonyl (C=O) groups excluding carboxylic acids is 1. The summed E-state index contributed by atoms with van der Waals surface area (Å²) in [7, 11) is -3.84. The Kier molecular flexibility index (Phi) is 4.89. The summed E-state index contributed by atoms with van der Waals surface area (Å²) < 4.78 is 29.6. The average molecular weight is 478 g/mol. The molecule has 0 bridgehead atoms. The van der Waals surface area contributed by atoms with E-state index < -0.39 is 22.5 Å². The number of benzene rings is 1. The molecule has 0 unspecified atom stereocenters. The monoisotopic (exact) mass is 477 g/mol. The Bertz CT molecular complexity index is 1340. The molecule has 2 N–H and O–H groups in total. The second-order valence-corrected chi connectivity index (χ2v) is 8.94. The van der Waals surface area contributed by atoms with E-state index in [1.54, 1.807) is 34.7 Å². The molecule has 150 valence electrons. The summed E-state index contributed by atoms with van der Waals surface area (Å²) in [5.41, 5.74) is 2.33. The van der Waals surface area contributed by atoms with Gasteiger partial charge >= 0.3 is 0 Å². The molecule has 1 amide bonds. The molecule has 4 rings (SSSR count). The maximum Gasteiger partial charge on any atom is 0.269 e. The van der Waals surface area contributed by atoms with Crippen LogP contribution in [0, 0.1) is 6.92 Å². The van der Waals surface area contributed by atoms with Crippen molar-refractivity contribution in [2.45, 2.75) is 18.4 Å². The van der Waals surface area contributed by atoms with Gasteiger partial charge in [0.2, 0.25) is 5.91 Å². The van der Waals surface area contributed by atoms with Crippen LogP contribution in [0.1, 0.15) is 11.4 Å². The number of hydrogen-bond donors (Lipinski definition) is 2. The number of fused-ring (bicyclic) bond motifs is 3. The fourth-order valence-electron chi connectivity index (χ4n) is 3.02. The highest BCUT2D eigenvalue weighted by molar-refractivity contribution is 9.10. The third kappa shape index (κ3) is 3.30. The number of aryl methyl sites for hydroxylation is 1. The number of aliphatic hydroxyl groups is 1. The Morgan fingerprint density at radius 2 is 1.93 bits per heavy atom. The Balaban J connectivity index is 1.88. The molecule has 0 aliphatic heterocycles. The predicted octanol–water partition coefficient (Wildman–Crippen LogP) is 1.60. The summed E-state index contributed by atoms with van der Waals surface area (Å²) in [6.45, 7) is 1.31. The largest absolute Gasteiger partial charge is 0.387 e. The third-order valence-electron chi connectivity index (χ3n) is 4.46. The number of nitrogens with zero attached hydrogens (tertiary/aromatic N) is 4. The molecule has 0 radical (unpaired) electrons. The molecule has 29 heavy (non-hydrogen) atoms. The number of imidazole rings is 1. The van der Waals surface area contributed by atoms with Gasteiger partial charge in [-0.15, -0.1) is 0 Å². The fraction of sp³-hybridized carbons (Fsp3) is 0.167. The molecule has 9 nitrogen and oxygen atoms in total. The highest BCUT2D eigenvalue weighted by Gasteiger charge is 2.22. The molecule has 0 atom stereocenters. The minimum Gasteiger partial charge on any atom is -0.387 e. The number of carbonyl (C=O) groups is 1. The van der Waals surface area contributed by atoms with Crippen LogP contribution in [0.2, 0.25) is 0 Å². The van der Waals surface area contributed by atoms with Gasteiger partial charge in [-0.25, -0.2) is 22.4 Å². The summed E-state index contributed by atoms with van der Waals surface area (Å²) in [6.07, 6.45) is 2.95. The van der Waals surface area contributed by atoms with Crippen molar-refractivity contribution in [2.75, 3.05) is 6.61 Å². The van der Waals surface area contributed by atoms with Gasteiger partial charge < -0.3 is 10.4 Å². The van der Waals surface area contributed by atoms with Gasteiger partial charge in [0, 0.05) is 6.20 Å². The number of nitrogens with one attached hydrogen (secondary N) is 1. The highest BCUT2D eigenvalue weighted by Crippen LogP contribution is 2.26. The number of aromatic nitrogens is 4. The number of aliphatic hydroxyl groups excluding tert-OH is 1. The third-order valence-corrected chi connectivity index (χ3v) is 6.72. The number of hydrogen-bond acceptors (Lipinski definition) is 6. The average Bonchev–Trinajstić information content (AvgIpc) is 3.28. The van der Waals surface area contributed by atoms with Gasteiger partial charge in [0.1, 0.15) is 17.0 Å². The first-order valence-corrected chi connectivity index (χ1v) is 10.8. The molecule has 0 fully saturated rings. The molecule has 0 saturated heterocycles. The lowest BCUT2D eigenvalue weighted by Crippen LogP contribution is -2.26. The first-order valence-electron chi connectivity index (χ1n) is 8.55. The van der Waals surface area contributed by atoms with Crippen LogP contribution in [0.15, 0.2) is 52.2 Å². The smallest absolute Gasteiger partial charge is 0.269 e. The Hall–Kier alpha value is -2.76. The maximum atomic E-state index is 13.1. The van der Waals surface area contributed by atoms with E-state index in [0.717, 1.165) is 9.54 Å². The molecular formula is C18H16BrN5O4S. The van der Waals surface area contributed by atoms with Crippen molar-refractivity contribution in [3.63, 3.8) is 0 Å². The van der Waals surface area contributed by atoms with E-state index >= 15 is 0 Å². The van der Waals surface area contributed by atoms with Crippen LogP contribution >= 0.6 is 15.9 Å². The van der Waals surface area contributed by atoms with Crippen molar-refractivity contribution >= 4 is 48.5 Å². The van der Waals surface area contributed by atoms with Crippen LogP contribution in [0.5, 0.6) is 0 Å². The van der Waals surface area contributed by atoms with E-state index in [2.05, 4.69) is 31.2 Å². The molecule has 3 heterocycles. The Labute approximate surface area is 174 Å². The minimum absolute atomic E-state index is 0.0567. The van der Waals surface area contributed by atoms with E-state index in [1.165, 1.54) is 12.4 Å². The first-order chi connectivity index (χ1) is 13.8. The topological polar surface area (TPSA) is 119 Å². The lowest BCUT2D eigenvalue weighted by molar-refractivity contribution is -0.124. The summed E-state index contributed by atoms with van der Waals surface area (Å²) in [5.74, 6) is -0.0748. The van der Waals surface area contributed by atoms with Crippen LogP contribution < -0.4 is 5.32 Å². The number of amides is 1. The zero-order valence-electron chi connectivity index (χ0n) is 15.2. The van der Waals surface area contributed by atoms with Gasteiger partial charge in [-0.05, 0) is 41.1 Å². The van der Waals surface area contributed by atoms with Crippen molar-refractivity contribution in [1.29, 1.82) is 0 Å². The molecule has 0 spiro atoms. The zero-order chi connectivity index (χ0) is 20.8. The van der Waals surface area contributed by atoms with Gasteiger partial charge in [0.15, 0.2) is 5.65 Å². The SMILES string of the molecule is Cc1ccc(S(=O)(=O)n2ccc3c2ncc2c(Br)nc(CNC(=O)CO)n23)cc1. The standard InChI is InChI=1S/C18H16BrN5O4S/c1-11-2-4-12(5-3-11)29(27,28)23-7-6-13-18(23)21-8-14-17(19)22-15(24(13)14)9-20-16(26)10-25/h2-8,25H,9-10H2,1H3,(H,20,26). The quantitative estimate of drug-likeness (QED) is 0.450. The molecule has 0 saturated carbocycles. The minimum atomic E-state index is -3.84. The molecule has 11 heteroatoms. The summed E-state index contributed by atoms with van der Waals surface area (Å²) >= 11 is 3.36. The van der Waals surface area contributed by atoms with E-state index in [9.17, 15) is 13.2 Å². The van der Waals surface area contributed by atoms with Crippen LogP contribution in [0.4, 0.5) is 0 Å². The van der Waals surface area contributed by atoms with Gasteiger partial charge in [-0.3, -0.25) is 9.20 Å². The lowest BCUT2D eigenvalue weighted by Gasteiger charge is -2.08. The first kappa shape index (κ1) is 19.6. The molecule has 0 aliphatic carbocycles. The van der Waals surface area contributed by atoms with Crippen molar-refractivity contribution in [3.05, 3.63) is 58.7 Å². The van der Waals surface area contributed by atoms with Gasteiger partial charge in [-0.2, -0.15) is 0 Å². The summed E-state index contributed by atoms with van der Waals surface area (Å²) in [4.78, 5) is 20.3. The summed E-state index contributed by atoms with van der Waals surface area (Å²) in [6, 6.07) is 8.21. The van der Waals surface area contributed by atoms with Crippen molar-refractivity contribution in [2.24, 2.45) is 0 Å². The molecule has 1 aromatic carbocycles. The second-order valence-electron chi connectivity index (χ2n) is 6.37. The number of rotatable bonds is 5. The van der Waals surface area contributed by atoms with Crippen molar-refractivity contribution in [1.82, 2.24) is 23.7 Å². The maximum absolute atomic E-state index is 13.1. The van der Waals surface area contributed by atoms with Gasteiger partial charge in [0.05, 0.1) is 28.7 Å². The predicted molar refractivity (Wildman–Crippen MR) is 109 cm³/mol. The molecule has 4 aromatic rings. The Morgan fingerprint density at radius 3 is 2.62 bits per heavy atom. The fourth-order valence-corrected chi connectivity index (χ4v) is 4.80. The molecule has 3 aromatic heterocycles. The van der Waals surface area contributed by atoms with E-state index in [-0.39, 0.29) is 17.1 Å². The zero-order valence-corrected chi connectivity index (χ0v) is 17.6. The van der Waals surface area contributed by atoms with Crippen LogP contribution in [0.25, 0.3) is 16.7 Å². The van der Waals surface area contributed by atoms with Gasteiger partial charge in [0.25, 0.3) is 10.0 Å². The Morgan fingerprint density at radius 1 is 1.21 bits per heavy atom. The second kappa shape index (κ2) is 7.25. The molecule has 0 aliphatic rings.